The molecule has 0 radical (unpaired) electrons. The van der Waals surface area contributed by atoms with Crippen molar-refractivity contribution in [3.05, 3.63) is 0 Å². The van der Waals surface area contributed by atoms with Gasteiger partial charge in [-0.1, -0.05) is 0 Å². The lowest BCUT2D eigenvalue weighted by atomic mass is 10.1. The van der Waals surface area contributed by atoms with Gasteiger partial charge in [-0.3, -0.25) is 4.79 Å². The first-order valence-corrected chi connectivity index (χ1v) is 6.08. The highest BCUT2D eigenvalue weighted by Crippen LogP contribution is 2.12. The van der Waals surface area contributed by atoms with Gasteiger partial charge in [0.05, 0.1) is 26.4 Å². The molecular weight excluding hydrogens is 238 g/mol. The number of carbonyl (C=O) groups is 2. The predicted octanol–water partition coefficient (Wildman–Crippen LogP) is 0.202. The number of methoxy groups -OCH3 is 2. The molecule has 0 bridgehead atoms. The van der Waals surface area contributed by atoms with Gasteiger partial charge < -0.3 is 19.1 Å². The van der Waals surface area contributed by atoms with Crippen molar-refractivity contribution in [1.82, 2.24) is 4.90 Å². The zero-order chi connectivity index (χ0) is 13.5. The number of esters is 1. The maximum Gasteiger partial charge on any atom is 0.331 e. The van der Waals surface area contributed by atoms with Gasteiger partial charge in [-0.15, -0.1) is 0 Å². The molecule has 2 atom stereocenters. The Morgan fingerprint density at radius 3 is 2.78 bits per heavy atom. The topological polar surface area (TPSA) is 65.1 Å². The van der Waals surface area contributed by atoms with Crippen LogP contribution in [0, 0.1) is 0 Å². The van der Waals surface area contributed by atoms with Crippen LogP contribution in [-0.4, -0.2) is 62.9 Å². The van der Waals surface area contributed by atoms with Crippen LogP contribution >= 0.6 is 0 Å². The first kappa shape index (κ1) is 14.9. The fourth-order valence-corrected chi connectivity index (χ4v) is 1.82. The van der Waals surface area contributed by atoms with E-state index in [9.17, 15) is 9.59 Å². The van der Waals surface area contributed by atoms with Gasteiger partial charge in [0.15, 0.2) is 6.04 Å². The third kappa shape index (κ3) is 3.96. The summed E-state index contributed by atoms with van der Waals surface area (Å²) in [5, 5.41) is 0. The fourth-order valence-electron chi connectivity index (χ4n) is 1.82. The van der Waals surface area contributed by atoms with Crippen LogP contribution in [0.3, 0.4) is 0 Å². The molecule has 1 aliphatic rings. The van der Waals surface area contributed by atoms with E-state index in [0.29, 0.717) is 26.0 Å². The van der Waals surface area contributed by atoms with Crippen LogP contribution in [0.25, 0.3) is 0 Å². The molecule has 1 rings (SSSR count). The van der Waals surface area contributed by atoms with Crippen molar-refractivity contribution < 1.29 is 23.8 Å². The van der Waals surface area contributed by atoms with Gasteiger partial charge in [0.1, 0.15) is 0 Å². The zero-order valence-electron chi connectivity index (χ0n) is 11.2. The molecule has 0 aromatic carbocycles. The second-order valence-corrected chi connectivity index (χ2v) is 4.29. The normalized spacial score (nSPS) is 21.5. The summed E-state index contributed by atoms with van der Waals surface area (Å²) < 4.78 is 15.0. The van der Waals surface area contributed by atoms with Crippen molar-refractivity contribution in [3.63, 3.8) is 0 Å². The summed E-state index contributed by atoms with van der Waals surface area (Å²) in [5.41, 5.74) is 0. The molecule has 0 saturated carbocycles. The molecule has 6 nitrogen and oxygen atoms in total. The lowest BCUT2D eigenvalue weighted by Gasteiger charge is -2.33. The number of rotatable bonds is 5. The van der Waals surface area contributed by atoms with Gasteiger partial charge in [-0.05, 0) is 13.3 Å². The molecule has 1 amide bonds. The molecule has 104 valence electrons. The van der Waals surface area contributed by atoms with Crippen LogP contribution in [0.15, 0.2) is 0 Å². The summed E-state index contributed by atoms with van der Waals surface area (Å²) in [4.78, 5) is 25.2. The lowest BCUT2D eigenvalue weighted by Crippen LogP contribution is -2.53. The van der Waals surface area contributed by atoms with Crippen molar-refractivity contribution in [3.8, 4) is 0 Å². The van der Waals surface area contributed by atoms with Gasteiger partial charge in [-0.25, -0.2) is 4.79 Å². The van der Waals surface area contributed by atoms with Crippen molar-refractivity contribution >= 4 is 11.9 Å². The predicted molar refractivity (Wildman–Crippen MR) is 64.0 cm³/mol. The first-order valence-electron chi connectivity index (χ1n) is 6.08. The van der Waals surface area contributed by atoms with Gasteiger partial charge >= 0.3 is 5.97 Å². The number of hydrogen-bond acceptors (Lipinski definition) is 5. The van der Waals surface area contributed by atoms with E-state index < -0.39 is 12.0 Å². The van der Waals surface area contributed by atoms with E-state index in [1.807, 2.05) is 6.92 Å². The van der Waals surface area contributed by atoms with E-state index in [1.165, 1.54) is 12.0 Å². The fraction of sp³-hybridized carbons (Fsp3) is 0.833. The minimum absolute atomic E-state index is 0.0339. The highest BCUT2D eigenvalue weighted by Gasteiger charge is 2.33. The number of carbonyl (C=O) groups excluding carboxylic acids is 2. The van der Waals surface area contributed by atoms with Crippen LogP contribution in [0.4, 0.5) is 0 Å². The molecule has 1 saturated heterocycles. The molecule has 6 heteroatoms. The van der Waals surface area contributed by atoms with Crippen molar-refractivity contribution in [2.75, 3.05) is 34.0 Å². The number of ether oxygens (including phenoxy) is 3. The minimum atomic E-state index is -0.617. The minimum Gasteiger partial charge on any atom is -0.467 e. The Kier molecular flexibility index (Phi) is 6.07. The van der Waals surface area contributed by atoms with Gasteiger partial charge in [0.2, 0.25) is 5.91 Å². The largest absolute Gasteiger partial charge is 0.467 e. The van der Waals surface area contributed by atoms with Gasteiger partial charge in [-0.2, -0.15) is 0 Å². The third-order valence-electron chi connectivity index (χ3n) is 3.09. The van der Waals surface area contributed by atoms with Crippen molar-refractivity contribution in [2.24, 2.45) is 0 Å². The second-order valence-electron chi connectivity index (χ2n) is 4.29. The average molecular weight is 259 g/mol. The number of hydrogen-bond donors (Lipinski definition) is 0. The molecule has 1 fully saturated rings. The molecule has 0 aromatic heterocycles. The summed E-state index contributed by atoms with van der Waals surface area (Å²) in [6, 6.07) is -0.617. The van der Waals surface area contributed by atoms with Crippen LogP contribution in [-0.2, 0) is 23.8 Å². The molecule has 0 aliphatic carbocycles. The van der Waals surface area contributed by atoms with E-state index in [2.05, 4.69) is 4.74 Å². The molecule has 0 aromatic rings. The molecule has 1 heterocycles. The molecular formula is C12H21NO5. The Morgan fingerprint density at radius 2 is 2.17 bits per heavy atom. The molecule has 1 aliphatic heterocycles. The molecule has 18 heavy (non-hydrogen) atoms. The molecule has 2 unspecified atom stereocenters. The standard InChI is InChI=1S/C12H21NO5/c1-9(16-2)4-5-11(14)13-6-7-18-8-10(13)12(15)17-3/h9-10H,4-8H2,1-3H3. The Morgan fingerprint density at radius 1 is 1.44 bits per heavy atom. The second kappa shape index (κ2) is 7.33. The lowest BCUT2D eigenvalue weighted by molar-refractivity contribution is -0.161. The zero-order valence-corrected chi connectivity index (χ0v) is 11.2. The highest BCUT2D eigenvalue weighted by molar-refractivity contribution is 5.84. The highest BCUT2D eigenvalue weighted by atomic mass is 16.5. The van der Waals surface area contributed by atoms with E-state index in [4.69, 9.17) is 9.47 Å². The van der Waals surface area contributed by atoms with E-state index in [-0.39, 0.29) is 18.6 Å². The maximum absolute atomic E-state index is 12.1. The summed E-state index contributed by atoms with van der Waals surface area (Å²) >= 11 is 0. The van der Waals surface area contributed by atoms with Crippen molar-refractivity contribution in [2.45, 2.75) is 31.9 Å². The van der Waals surface area contributed by atoms with Crippen LogP contribution in [0.5, 0.6) is 0 Å². The SMILES string of the molecule is COC(=O)C1COCCN1C(=O)CCC(C)OC. The maximum atomic E-state index is 12.1. The first-order chi connectivity index (χ1) is 8.60. The Balaban J connectivity index is 2.54. The quantitative estimate of drug-likeness (QED) is 0.660. The van der Waals surface area contributed by atoms with E-state index in [1.54, 1.807) is 7.11 Å². The van der Waals surface area contributed by atoms with Crippen LogP contribution < -0.4 is 0 Å². The number of morpholine rings is 1. The van der Waals surface area contributed by atoms with E-state index >= 15 is 0 Å². The number of nitrogens with zero attached hydrogens (tertiary/aromatic N) is 1. The summed E-state index contributed by atoms with van der Waals surface area (Å²) in [5.74, 6) is -0.486. The van der Waals surface area contributed by atoms with Gasteiger partial charge in [0, 0.05) is 20.1 Å². The average Bonchev–Trinajstić information content (AvgIpc) is 2.43. The smallest absolute Gasteiger partial charge is 0.331 e. The number of amides is 1. The van der Waals surface area contributed by atoms with Crippen molar-refractivity contribution in [1.29, 1.82) is 0 Å². The Bertz CT molecular complexity index is 294. The summed E-state index contributed by atoms with van der Waals surface area (Å²) in [6.45, 7) is 3.00. The van der Waals surface area contributed by atoms with Crippen LogP contribution in [0.2, 0.25) is 0 Å². The van der Waals surface area contributed by atoms with E-state index in [0.717, 1.165) is 0 Å². The Hall–Kier alpha value is -1.14. The molecule has 0 N–H and O–H groups in total. The summed E-state index contributed by atoms with van der Waals surface area (Å²) in [6.07, 6.45) is 1.04. The Labute approximate surface area is 107 Å². The third-order valence-corrected chi connectivity index (χ3v) is 3.09. The summed E-state index contributed by atoms with van der Waals surface area (Å²) in [7, 11) is 2.92. The monoisotopic (exact) mass is 259 g/mol. The molecule has 0 spiro atoms. The van der Waals surface area contributed by atoms with Gasteiger partial charge in [0.25, 0.3) is 0 Å². The van der Waals surface area contributed by atoms with Crippen LogP contribution in [0.1, 0.15) is 19.8 Å².